The average molecular weight is 381 g/mol. The SMILES string of the molecule is Cc1[nH]c2ccc(F)cc2c1CC(=O)Nc1ccc(N2CCN(C)CC2)nc1. The summed E-state index contributed by atoms with van der Waals surface area (Å²) in [5, 5.41) is 3.63. The Morgan fingerprint density at radius 2 is 2.00 bits per heavy atom. The standard InChI is InChI=1S/C21H24FN5O/c1-14-17(18-11-15(22)3-5-19(18)24-14)12-21(28)25-16-4-6-20(23-13-16)27-9-7-26(2)8-10-27/h3-6,11,13,24H,7-10,12H2,1-2H3,(H,25,28). The van der Waals surface area contributed by atoms with Crippen LogP contribution in [0.25, 0.3) is 10.9 Å². The number of anilines is 2. The largest absolute Gasteiger partial charge is 0.358 e. The summed E-state index contributed by atoms with van der Waals surface area (Å²) in [4.78, 5) is 24.8. The molecule has 0 bridgehead atoms. The summed E-state index contributed by atoms with van der Waals surface area (Å²) in [6, 6.07) is 8.39. The van der Waals surface area contributed by atoms with E-state index in [9.17, 15) is 9.18 Å². The summed E-state index contributed by atoms with van der Waals surface area (Å²) in [6.07, 6.45) is 1.86. The van der Waals surface area contributed by atoms with E-state index in [4.69, 9.17) is 0 Å². The normalized spacial score (nSPS) is 15.2. The highest BCUT2D eigenvalue weighted by Gasteiger charge is 2.16. The van der Waals surface area contributed by atoms with E-state index >= 15 is 0 Å². The van der Waals surface area contributed by atoms with Crippen LogP contribution in [-0.2, 0) is 11.2 Å². The number of hydrogen-bond donors (Lipinski definition) is 2. The Morgan fingerprint density at radius 3 is 2.71 bits per heavy atom. The molecule has 1 aliphatic rings. The minimum Gasteiger partial charge on any atom is -0.358 e. The number of carbonyl (C=O) groups excluding carboxylic acids is 1. The van der Waals surface area contributed by atoms with Gasteiger partial charge < -0.3 is 20.1 Å². The van der Waals surface area contributed by atoms with Gasteiger partial charge in [-0.25, -0.2) is 9.37 Å². The molecule has 1 fully saturated rings. The zero-order valence-electron chi connectivity index (χ0n) is 16.1. The van der Waals surface area contributed by atoms with Gasteiger partial charge in [0.15, 0.2) is 0 Å². The molecule has 28 heavy (non-hydrogen) atoms. The number of piperazine rings is 1. The summed E-state index contributed by atoms with van der Waals surface area (Å²) >= 11 is 0. The van der Waals surface area contributed by atoms with E-state index in [0.29, 0.717) is 5.69 Å². The van der Waals surface area contributed by atoms with Gasteiger partial charge in [0.05, 0.1) is 18.3 Å². The van der Waals surface area contributed by atoms with Crippen molar-refractivity contribution in [1.82, 2.24) is 14.9 Å². The molecular weight excluding hydrogens is 357 g/mol. The van der Waals surface area contributed by atoms with Gasteiger partial charge in [0.1, 0.15) is 11.6 Å². The molecule has 0 radical (unpaired) electrons. The molecule has 1 aromatic carbocycles. The number of fused-ring (bicyclic) bond motifs is 1. The number of hydrogen-bond acceptors (Lipinski definition) is 4. The maximum Gasteiger partial charge on any atom is 0.228 e. The predicted octanol–water partition coefficient (Wildman–Crippen LogP) is 2.94. The number of aromatic nitrogens is 2. The number of amides is 1. The highest BCUT2D eigenvalue weighted by molar-refractivity contribution is 5.96. The van der Waals surface area contributed by atoms with Gasteiger partial charge in [-0.2, -0.15) is 0 Å². The molecule has 1 saturated heterocycles. The van der Waals surface area contributed by atoms with Gasteiger partial charge in [0, 0.05) is 42.8 Å². The number of aromatic amines is 1. The van der Waals surface area contributed by atoms with Crippen molar-refractivity contribution < 1.29 is 9.18 Å². The second-order valence-corrected chi connectivity index (χ2v) is 7.34. The quantitative estimate of drug-likeness (QED) is 0.729. The van der Waals surface area contributed by atoms with Crippen molar-refractivity contribution >= 4 is 28.3 Å². The van der Waals surface area contributed by atoms with Crippen molar-refractivity contribution in [1.29, 1.82) is 0 Å². The lowest BCUT2D eigenvalue weighted by atomic mass is 10.1. The van der Waals surface area contributed by atoms with Crippen molar-refractivity contribution in [2.45, 2.75) is 13.3 Å². The summed E-state index contributed by atoms with van der Waals surface area (Å²) in [5.41, 5.74) is 3.18. The van der Waals surface area contributed by atoms with Crippen LogP contribution in [0.3, 0.4) is 0 Å². The maximum absolute atomic E-state index is 13.6. The van der Waals surface area contributed by atoms with Crippen LogP contribution in [0.15, 0.2) is 36.5 Å². The highest BCUT2D eigenvalue weighted by Crippen LogP contribution is 2.24. The number of nitrogens with one attached hydrogen (secondary N) is 2. The Labute approximate surface area is 163 Å². The minimum absolute atomic E-state index is 0.151. The molecule has 1 amide bonds. The van der Waals surface area contributed by atoms with Crippen molar-refractivity contribution in [2.24, 2.45) is 0 Å². The molecule has 2 N–H and O–H groups in total. The first-order chi connectivity index (χ1) is 13.5. The maximum atomic E-state index is 13.6. The molecule has 3 heterocycles. The van der Waals surface area contributed by atoms with Gasteiger partial charge in [-0.1, -0.05) is 0 Å². The van der Waals surface area contributed by atoms with Crippen molar-refractivity contribution in [3.8, 4) is 0 Å². The fourth-order valence-corrected chi connectivity index (χ4v) is 3.63. The fraction of sp³-hybridized carbons (Fsp3) is 0.333. The smallest absolute Gasteiger partial charge is 0.228 e. The van der Waals surface area contributed by atoms with Crippen molar-refractivity contribution in [2.75, 3.05) is 43.4 Å². The van der Waals surface area contributed by atoms with Crippen LogP contribution in [0.2, 0.25) is 0 Å². The molecule has 0 saturated carbocycles. The third-order valence-electron chi connectivity index (χ3n) is 5.28. The molecule has 3 aromatic rings. The van der Waals surface area contributed by atoms with E-state index in [-0.39, 0.29) is 18.1 Å². The number of benzene rings is 1. The summed E-state index contributed by atoms with van der Waals surface area (Å²) < 4.78 is 13.6. The number of carbonyl (C=O) groups is 1. The third kappa shape index (κ3) is 3.84. The van der Waals surface area contributed by atoms with Crippen LogP contribution in [0.1, 0.15) is 11.3 Å². The Kier molecular flexibility index (Phi) is 5.00. The van der Waals surface area contributed by atoms with Crippen molar-refractivity contribution in [3.05, 3.63) is 53.6 Å². The van der Waals surface area contributed by atoms with Crippen LogP contribution >= 0.6 is 0 Å². The number of rotatable bonds is 4. The first-order valence-corrected chi connectivity index (χ1v) is 9.46. The molecule has 6 nitrogen and oxygen atoms in total. The van der Waals surface area contributed by atoms with Crippen LogP contribution in [0.5, 0.6) is 0 Å². The Hall–Kier alpha value is -2.93. The summed E-state index contributed by atoms with van der Waals surface area (Å²) in [5.74, 6) is 0.466. The van der Waals surface area contributed by atoms with E-state index in [2.05, 4.69) is 32.1 Å². The Bertz CT molecular complexity index is 990. The van der Waals surface area contributed by atoms with Crippen LogP contribution in [0.4, 0.5) is 15.9 Å². The Balaban J connectivity index is 1.43. The zero-order valence-corrected chi connectivity index (χ0v) is 16.1. The van der Waals surface area contributed by atoms with Gasteiger partial charge in [-0.3, -0.25) is 4.79 Å². The highest BCUT2D eigenvalue weighted by atomic mass is 19.1. The second kappa shape index (κ2) is 7.59. The number of nitrogens with zero attached hydrogens (tertiary/aromatic N) is 3. The minimum atomic E-state index is -0.308. The molecule has 0 unspecified atom stereocenters. The number of H-pyrrole nitrogens is 1. The monoisotopic (exact) mass is 381 g/mol. The third-order valence-corrected chi connectivity index (χ3v) is 5.28. The number of aryl methyl sites for hydroxylation is 1. The van der Waals surface area contributed by atoms with E-state index in [0.717, 1.165) is 54.2 Å². The van der Waals surface area contributed by atoms with Crippen LogP contribution < -0.4 is 10.2 Å². The molecule has 146 valence electrons. The van der Waals surface area contributed by atoms with Crippen LogP contribution in [0, 0.1) is 12.7 Å². The predicted molar refractivity (Wildman–Crippen MR) is 109 cm³/mol. The van der Waals surface area contributed by atoms with E-state index < -0.39 is 0 Å². The van der Waals surface area contributed by atoms with Gasteiger partial charge in [-0.05, 0) is 49.9 Å². The van der Waals surface area contributed by atoms with E-state index in [1.54, 1.807) is 12.3 Å². The van der Waals surface area contributed by atoms with E-state index in [1.807, 2.05) is 19.1 Å². The lowest BCUT2D eigenvalue weighted by Crippen LogP contribution is -2.44. The number of pyridine rings is 1. The fourth-order valence-electron chi connectivity index (χ4n) is 3.63. The summed E-state index contributed by atoms with van der Waals surface area (Å²) in [6.45, 7) is 5.83. The van der Waals surface area contributed by atoms with Crippen LogP contribution in [-0.4, -0.2) is 54.0 Å². The number of halogens is 1. The van der Waals surface area contributed by atoms with Gasteiger partial charge >= 0.3 is 0 Å². The van der Waals surface area contributed by atoms with Gasteiger partial charge in [0.2, 0.25) is 5.91 Å². The molecular formula is C21H24FN5O. The Morgan fingerprint density at radius 1 is 1.21 bits per heavy atom. The topological polar surface area (TPSA) is 64.3 Å². The lowest BCUT2D eigenvalue weighted by Gasteiger charge is -2.33. The molecule has 0 aliphatic carbocycles. The van der Waals surface area contributed by atoms with Gasteiger partial charge in [0.25, 0.3) is 0 Å². The first kappa shape index (κ1) is 18.4. The molecule has 1 aliphatic heterocycles. The van der Waals surface area contributed by atoms with Crippen molar-refractivity contribution in [3.63, 3.8) is 0 Å². The van der Waals surface area contributed by atoms with Gasteiger partial charge in [-0.15, -0.1) is 0 Å². The molecule has 4 rings (SSSR count). The second-order valence-electron chi connectivity index (χ2n) is 7.34. The number of likely N-dealkylation sites (N-methyl/N-ethyl adjacent to an activating group) is 1. The molecule has 0 atom stereocenters. The summed E-state index contributed by atoms with van der Waals surface area (Å²) in [7, 11) is 2.12. The van der Waals surface area contributed by atoms with E-state index in [1.165, 1.54) is 12.1 Å². The first-order valence-electron chi connectivity index (χ1n) is 9.46. The molecule has 7 heteroatoms. The average Bonchev–Trinajstić information content (AvgIpc) is 2.98. The molecule has 2 aromatic heterocycles. The zero-order chi connectivity index (χ0) is 19.7. The molecule has 0 spiro atoms. The lowest BCUT2D eigenvalue weighted by molar-refractivity contribution is -0.115.